The van der Waals surface area contributed by atoms with Crippen LogP contribution in [-0.4, -0.2) is 34.8 Å². The molecule has 3 N–H and O–H groups in total. The third-order valence-corrected chi connectivity index (χ3v) is 6.67. The smallest absolute Gasteiger partial charge is 0.341 e. The molecule has 6 heteroatoms. The van der Waals surface area contributed by atoms with Crippen LogP contribution in [0, 0.1) is 5.41 Å². The Hall–Kier alpha value is -2.34. The summed E-state index contributed by atoms with van der Waals surface area (Å²) in [5, 5.41) is 9.86. The van der Waals surface area contributed by atoms with Crippen LogP contribution in [0.5, 0.6) is 0 Å². The molecule has 2 aliphatic rings. The van der Waals surface area contributed by atoms with Gasteiger partial charge in [-0.2, -0.15) is 0 Å². The van der Waals surface area contributed by atoms with Crippen molar-refractivity contribution >= 4 is 22.6 Å². The molecule has 1 aromatic carbocycles. The summed E-state index contributed by atoms with van der Waals surface area (Å²) in [6.07, 6.45) is 5.65. The topological polar surface area (TPSA) is 88.6 Å². The number of carbonyl (C=O) groups is 1. The Morgan fingerprint density at radius 2 is 2.00 bits per heavy atom. The van der Waals surface area contributed by atoms with E-state index in [9.17, 15) is 14.7 Å². The summed E-state index contributed by atoms with van der Waals surface area (Å²) in [5.74, 6) is -1.17. The average Bonchev–Trinajstić information content (AvgIpc) is 3.44. The van der Waals surface area contributed by atoms with Gasteiger partial charge in [0.05, 0.1) is 5.52 Å². The number of nitrogens with two attached hydrogens (primary N) is 1. The van der Waals surface area contributed by atoms with Gasteiger partial charge in [0.25, 0.3) is 0 Å². The van der Waals surface area contributed by atoms with E-state index in [4.69, 9.17) is 5.73 Å². The molecule has 0 spiro atoms. The normalized spacial score (nSPS) is 21.7. The summed E-state index contributed by atoms with van der Waals surface area (Å²) in [5.41, 5.74) is 7.92. The fraction of sp³-hybridized carbons (Fsp3) is 0.524. The highest BCUT2D eigenvalue weighted by Gasteiger charge is 2.42. The molecular weight excluding hydrogens is 342 g/mol. The predicted molar refractivity (Wildman–Crippen MR) is 107 cm³/mol. The number of aromatic nitrogens is 1. The van der Waals surface area contributed by atoms with Crippen LogP contribution in [0.3, 0.4) is 0 Å². The molecule has 0 radical (unpaired) electrons. The molecule has 27 heavy (non-hydrogen) atoms. The maximum atomic E-state index is 12.6. The highest BCUT2D eigenvalue weighted by Crippen LogP contribution is 2.40. The zero-order valence-electron chi connectivity index (χ0n) is 15.9. The number of nitrogens with zero attached hydrogens (tertiary/aromatic N) is 2. The molecule has 1 saturated carbocycles. The molecule has 0 amide bonds. The predicted octanol–water partition coefficient (Wildman–Crippen LogP) is 2.99. The second kappa shape index (κ2) is 6.37. The van der Waals surface area contributed by atoms with E-state index in [0.29, 0.717) is 5.39 Å². The number of aromatic carboxylic acids is 1. The summed E-state index contributed by atoms with van der Waals surface area (Å²) in [7, 11) is 0. The Morgan fingerprint density at radius 3 is 2.56 bits per heavy atom. The molecule has 2 heterocycles. The summed E-state index contributed by atoms with van der Waals surface area (Å²) in [6, 6.07) is 6.16. The Kier molecular flexibility index (Phi) is 4.26. The van der Waals surface area contributed by atoms with E-state index >= 15 is 0 Å². The number of rotatable bonds is 5. The Bertz CT molecular complexity index is 957. The lowest BCUT2D eigenvalue weighted by Crippen LogP contribution is -2.39. The molecule has 6 nitrogen and oxygen atoms in total. The first-order valence-corrected chi connectivity index (χ1v) is 9.83. The van der Waals surface area contributed by atoms with Crippen molar-refractivity contribution < 1.29 is 9.90 Å². The van der Waals surface area contributed by atoms with Gasteiger partial charge in [0, 0.05) is 47.9 Å². The van der Waals surface area contributed by atoms with Crippen molar-refractivity contribution in [3.63, 3.8) is 0 Å². The van der Waals surface area contributed by atoms with Crippen LogP contribution in [-0.2, 0) is 0 Å². The van der Waals surface area contributed by atoms with Gasteiger partial charge in [0.2, 0.25) is 5.43 Å². The monoisotopic (exact) mass is 369 g/mol. The van der Waals surface area contributed by atoms with Crippen LogP contribution < -0.4 is 16.1 Å². The van der Waals surface area contributed by atoms with Crippen LogP contribution >= 0.6 is 0 Å². The van der Waals surface area contributed by atoms with Crippen molar-refractivity contribution in [1.82, 2.24) is 4.57 Å². The minimum absolute atomic E-state index is 0.123. The van der Waals surface area contributed by atoms with Crippen LogP contribution in [0.15, 0.2) is 29.2 Å². The number of fused-ring (bicyclic) bond motifs is 1. The molecule has 1 aromatic heterocycles. The van der Waals surface area contributed by atoms with Crippen LogP contribution in [0.1, 0.15) is 55.9 Å². The van der Waals surface area contributed by atoms with Crippen LogP contribution in [0.2, 0.25) is 0 Å². The molecule has 1 aliphatic carbocycles. The highest BCUT2D eigenvalue weighted by atomic mass is 16.4. The SMILES string of the molecule is CCC1(CC)CN(c2ccc3c(=O)c(C(=O)O)cn(C4CC4)c3c2)CC1N. The highest BCUT2D eigenvalue weighted by molar-refractivity contribution is 5.93. The molecule has 1 unspecified atom stereocenters. The van der Waals surface area contributed by atoms with E-state index in [1.54, 1.807) is 6.07 Å². The molecule has 1 aliphatic heterocycles. The standard InChI is InChI=1S/C21H27N3O3/c1-3-21(4-2)12-23(11-18(21)22)14-7-8-15-17(9-14)24(13-5-6-13)10-16(19(15)25)20(26)27/h7-10,13,18H,3-6,11-12,22H2,1-2H3,(H,26,27). The van der Waals surface area contributed by atoms with E-state index in [-0.39, 0.29) is 23.1 Å². The van der Waals surface area contributed by atoms with Gasteiger partial charge in [-0.25, -0.2) is 4.79 Å². The molecule has 1 atom stereocenters. The van der Waals surface area contributed by atoms with Gasteiger partial charge < -0.3 is 20.3 Å². The molecule has 2 fully saturated rings. The lowest BCUT2D eigenvalue weighted by Gasteiger charge is -2.30. The summed E-state index contributed by atoms with van der Waals surface area (Å²) >= 11 is 0. The van der Waals surface area contributed by atoms with Crippen LogP contribution in [0.25, 0.3) is 10.9 Å². The van der Waals surface area contributed by atoms with E-state index in [2.05, 4.69) is 18.7 Å². The number of carboxylic acid groups (broad SMARTS) is 1. The average molecular weight is 369 g/mol. The number of carboxylic acids is 1. The number of benzene rings is 1. The Morgan fingerprint density at radius 1 is 1.30 bits per heavy atom. The second-order valence-corrected chi connectivity index (χ2v) is 8.07. The maximum Gasteiger partial charge on any atom is 0.341 e. The zero-order valence-corrected chi connectivity index (χ0v) is 15.9. The van der Waals surface area contributed by atoms with E-state index in [0.717, 1.165) is 50.0 Å². The van der Waals surface area contributed by atoms with E-state index in [1.165, 1.54) is 6.20 Å². The maximum absolute atomic E-state index is 12.6. The van der Waals surface area contributed by atoms with Gasteiger partial charge in [-0.1, -0.05) is 13.8 Å². The quantitative estimate of drug-likeness (QED) is 0.846. The van der Waals surface area contributed by atoms with E-state index < -0.39 is 11.4 Å². The van der Waals surface area contributed by atoms with Gasteiger partial charge in [-0.05, 0) is 43.9 Å². The summed E-state index contributed by atoms with van der Waals surface area (Å²) in [6.45, 7) is 6.11. The summed E-state index contributed by atoms with van der Waals surface area (Å²) < 4.78 is 1.98. The molecule has 1 saturated heterocycles. The number of hydrogen-bond acceptors (Lipinski definition) is 4. The lowest BCUT2D eigenvalue weighted by molar-refractivity contribution is 0.0695. The number of anilines is 1. The van der Waals surface area contributed by atoms with Crippen molar-refractivity contribution in [1.29, 1.82) is 0 Å². The minimum atomic E-state index is -1.17. The van der Waals surface area contributed by atoms with Gasteiger partial charge in [-0.3, -0.25) is 4.79 Å². The van der Waals surface area contributed by atoms with Crippen LogP contribution in [0.4, 0.5) is 5.69 Å². The number of hydrogen-bond donors (Lipinski definition) is 2. The third kappa shape index (κ3) is 2.83. The fourth-order valence-corrected chi connectivity index (χ4v) is 4.53. The van der Waals surface area contributed by atoms with Gasteiger partial charge >= 0.3 is 5.97 Å². The first kappa shape index (κ1) is 18.0. The van der Waals surface area contributed by atoms with E-state index in [1.807, 2.05) is 16.7 Å². The first-order chi connectivity index (χ1) is 12.9. The summed E-state index contributed by atoms with van der Waals surface area (Å²) in [4.78, 5) is 26.4. The van der Waals surface area contributed by atoms with Crippen molar-refractivity contribution in [3.05, 3.63) is 40.2 Å². The number of pyridine rings is 1. The molecule has 2 aromatic rings. The molecular formula is C21H27N3O3. The van der Waals surface area contributed by atoms with Crippen molar-refractivity contribution in [3.8, 4) is 0 Å². The Labute approximate surface area is 158 Å². The Balaban J connectivity index is 1.81. The van der Waals surface area contributed by atoms with Crippen molar-refractivity contribution in [2.24, 2.45) is 11.1 Å². The lowest BCUT2D eigenvalue weighted by atomic mass is 9.78. The fourth-order valence-electron chi connectivity index (χ4n) is 4.53. The third-order valence-electron chi connectivity index (χ3n) is 6.67. The minimum Gasteiger partial charge on any atom is -0.477 e. The first-order valence-electron chi connectivity index (χ1n) is 9.83. The van der Waals surface area contributed by atoms with Gasteiger partial charge in [0.15, 0.2) is 0 Å². The molecule has 4 rings (SSSR count). The van der Waals surface area contributed by atoms with Gasteiger partial charge in [0.1, 0.15) is 5.56 Å². The molecule has 0 bridgehead atoms. The van der Waals surface area contributed by atoms with Gasteiger partial charge in [-0.15, -0.1) is 0 Å². The second-order valence-electron chi connectivity index (χ2n) is 8.07. The zero-order chi connectivity index (χ0) is 19.3. The largest absolute Gasteiger partial charge is 0.477 e. The van der Waals surface area contributed by atoms with Crippen molar-refractivity contribution in [2.45, 2.75) is 51.6 Å². The molecule has 144 valence electrons. The van der Waals surface area contributed by atoms with Crippen molar-refractivity contribution in [2.75, 3.05) is 18.0 Å².